The predicted octanol–water partition coefficient (Wildman–Crippen LogP) is 4.73. The first-order chi connectivity index (χ1) is 14.3. The van der Waals surface area contributed by atoms with Gasteiger partial charge in [-0.1, -0.05) is 24.3 Å². The van der Waals surface area contributed by atoms with E-state index in [1.165, 1.54) is 0 Å². The van der Waals surface area contributed by atoms with E-state index in [1.807, 2.05) is 63.2 Å². The highest BCUT2D eigenvalue weighted by Gasteiger charge is 2.24. The second-order valence-electron chi connectivity index (χ2n) is 8.51. The third-order valence-electron chi connectivity index (χ3n) is 5.16. The number of aliphatic hydroxyl groups excluding tert-OH is 2. The van der Waals surface area contributed by atoms with Crippen LogP contribution >= 0.6 is 0 Å². The van der Waals surface area contributed by atoms with Crippen molar-refractivity contribution in [2.24, 2.45) is 0 Å². The Morgan fingerprint density at radius 3 is 2.53 bits per heavy atom. The van der Waals surface area contributed by atoms with E-state index in [4.69, 9.17) is 4.42 Å². The second kappa shape index (κ2) is 9.41. The molecule has 2 aromatic carbocycles. The van der Waals surface area contributed by atoms with Crippen molar-refractivity contribution in [3.63, 3.8) is 0 Å². The number of hydrogen-bond acceptors (Lipinski definition) is 4. The molecule has 2 N–H and O–H groups in total. The summed E-state index contributed by atoms with van der Waals surface area (Å²) in [5.74, 6) is 0.474. The fraction of sp³-hybridized carbons (Fsp3) is 0.417. The number of fused-ring (bicyclic) bond motifs is 1. The Kier molecular flexibility index (Phi) is 7.11. The molecule has 3 aromatic rings. The molecule has 1 unspecified atom stereocenters. The lowest BCUT2D eigenvalue weighted by molar-refractivity contribution is 0.282. The van der Waals surface area contributed by atoms with E-state index in [1.54, 1.807) is 0 Å². The topological polar surface area (TPSA) is 70.7 Å². The molecule has 0 amide bonds. The largest absolute Gasteiger partial charge is 0.460 e. The van der Waals surface area contributed by atoms with E-state index in [2.05, 4.69) is 0 Å². The lowest BCUT2D eigenvalue weighted by atomic mass is 9.95. The molecule has 162 valence electrons. The third-order valence-corrected chi connectivity index (χ3v) is 7.23. The van der Waals surface area contributed by atoms with Crippen LogP contribution in [0, 0.1) is 0 Å². The number of halogens is 1. The van der Waals surface area contributed by atoms with E-state index in [0.717, 1.165) is 27.6 Å². The molecule has 30 heavy (non-hydrogen) atoms. The van der Waals surface area contributed by atoms with E-state index < -0.39 is 28.1 Å². The molecular weight excluding hydrogens is 403 g/mol. The maximum absolute atomic E-state index is 13.9. The van der Waals surface area contributed by atoms with Crippen molar-refractivity contribution in [2.75, 3.05) is 19.0 Å². The Morgan fingerprint density at radius 2 is 1.90 bits per heavy atom. The van der Waals surface area contributed by atoms with Crippen molar-refractivity contribution in [3.05, 3.63) is 59.4 Å². The van der Waals surface area contributed by atoms with Gasteiger partial charge in [0.1, 0.15) is 11.3 Å². The molecule has 0 spiro atoms. The first kappa shape index (κ1) is 22.7. The van der Waals surface area contributed by atoms with Gasteiger partial charge in [0.15, 0.2) is 0 Å². The van der Waals surface area contributed by atoms with Crippen LogP contribution in [0.1, 0.15) is 43.6 Å². The number of aliphatic hydroxyl groups is 2. The minimum Gasteiger partial charge on any atom is -0.460 e. The zero-order valence-corrected chi connectivity index (χ0v) is 18.5. The fourth-order valence-electron chi connectivity index (χ4n) is 3.43. The van der Waals surface area contributed by atoms with Crippen LogP contribution in [0.2, 0.25) is 0 Å². The lowest BCUT2D eigenvalue weighted by Gasteiger charge is -2.22. The van der Waals surface area contributed by atoms with Crippen LogP contribution in [-0.2, 0) is 23.8 Å². The molecule has 1 aromatic heterocycles. The zero-order chi connectivity index (χ0) is 21.9. The minimum atomic E-state index is -1.16. The normalized spacial score (nSPS) is 14.2. The van der Waals surface area contributed by atoms with Crippen LogP contribution < -0.4 is 0 Å². The highest BCUT2D eigenvalue weighted by atomic mass is 32.2. The number of rotatable bonds is 8. The van der Waals surface area contributed by atoms with Crippen molar-refractivity contribution < 1.29 is 23.2 Å². The van der Waals surface area contributed by atoms with Crippen LogP contribution in [0.5, 0.6) is 0 Å². The summed E-state index contributed by atoms with van der Waals surface area (Å²) >= 11 is 0. The van der Waals surface area contributed by atoms with Gasteiger partial charge >= 0.3 is 0 Å². The molecule has 1 heterocycles. The Hall–Kier alpha value is -2.02. The van der Waals surface area contributed by atoms with Crippen LogP contribution in [0.25, 0.3) is 22.1 Å². The molecule has 0 aliphatic carbocycles. The van der Waals surface area contributed by atoms with Gasteiger partial charge in [-0.05, 0) is 55.7 Å². The summed E-state index contributed by atoms with van der Waals surface area (Å²) in [4.78, 5) is 0. The standard InChI is InChI=1S/C24H29FO4S/c1-24(2,3)30(28)15-20(13-25)17-5-4-6-18(11-17)22-10-16(14-27)9-19-12-21(7-8-26)29-23(19)22/h4-6,9-12,20,26-27H,7-8,13-15H2,1-3H3/t20?,30-/m0/s1. The Balaban J connectivity index is 2.04. The predicted molar refractivity (Wildman–Crippen MR) is 120 cm³/mol. The monoisotopic (exact) mass is 432 g/mol. The van der Waals surface area contributed by atoms with Gasteiger partial charge in [0.2, 0.25) is 0 Å². The highest BCUT2D eigenvalue weighted by molar-refractivity contribution is 7.86. The van der Waals surface area contributed by atoms with Crippen molar-refractivity contribution in [1.29, 1.82) is 0 Å². The average Bonchev–Trinajstić information content (AvgIpc) is 3.13. The molecule has 0 saturated carbocycles. The summed E-state index contributed by atoms with van der Waals surface area (Å²) in [6, 6.07) is 13.2. The molecule has 6 heteroatoms. The average molecular weight is 433 g/mol. The van der Waals surface area contributed by atoms with Gasteiger partial charge in [-0.2, -0.15) is 0 Å². The molecule has 0 aliphatic rings. The number of benzene rings is 2. The lowest BCUT2D eigenvalue weighted by Crippen LogP contribution is -2.27. The van der Waals surface area contributed by atoms with Crippen molar-refractivity contribution in [1.82, 2.24) is 0 Å². The third kappa shape index (κ3) is 4.99. The first-order valence-electron chi connectivity index (χ1n) is 10.1. The maximum Gasteiger partial charge on any atom is 0.142 e. The Labute approximate surface area is 179 Å². The smallest absolute Gasteiger partial charge is 0.142 e. The summed E-state index contributed by atoms with van der Waals surface area (Å²) in [5, 5.41) is 19.8. The maximum atomic E-state index is 13.9. The molecule has 0 aliphatic heterocycles. The molecule has 4 nitrogen and oxygen atoms in total. The summed E-state index contributed by atoms with van der Waals surface area (Å²) in [6.45, 7) is 4.98. The Morgan fingerprint density at radius 1 is 1.13 bits per heavy atom. The Bertz CT molecular complexity index is 1040. The molecule has 0 radical (unpaired) electrons. The van der Waals surface area contributed by atoms with Gasteiger partial charge in [0.05, 0.1) is 19.9 Å². The van der Waals surface area contributed by atoms with Crippen LogP contribution in [0.15, 0.2) is 46.9 Å². The summed E-state index contributed by atoms with van der Waals surface area (Å²) < 4.78 is 32.0. The van der Waals surface area contributed by atoms with Crippen LogP contribution in [0.3, 0.4) is 0 Å². The second-order valence-corrected chi connectivity index (χ2v) is 10.8. The molecule has 3 rings (SSSR count). The summed E-state index contributed by atoms with van der Waals surface area (Å²) in [7, 11) is -1.16. The van der Waals surface area contributed by atoms with Crippen molar-refractivity contribution in [3.8, 4) is 11.1 Å². The van der Waals surface area contributed by atoms with E-state index in [-0.39, 0.29) is 19.0 Å². The molecule has 0 saturated heterocycles. The van der Waals surface area contributed by atoms with Gasteiger partial charge in [0.25, 0.3) is 0 Å². The SMILES string of the molecule is CC(C)(C)[S@@](=O)CC(CF)c1cccc(-c2cc(CO)cc3cc(CCO)oc23)c1. The van der Waals surface area contributed by atoms with Crippen molar-refractivity contribution >= 4 is 21.8 Å². The van der Waals surface area contributed by atoms with E-state index >= 15 is 0 Å². The molecular formula is C24H29FO4S. The number of furan rings is 1. The van der Waals surface area contributed by atoms with Crippen molar-refractivity contribution in [2.45, 2.75) is 44.5 Å². The van der Waals surface area contributed by atoms with Gasteiger partial charge in [0, 0.05) is 44.6 Å². The zero-order valence-electron chi connectivity index (χ0n) is 17.7. The molecule has 0 fully saturated rings. The van der Waals surface area contributed by atoms with Crippen LogP contribution in [-0.4, -0.2) is 38.2 Å². The van der Waals surface area contributed by atoms with Gasteiger partial charge in [-0.25, -0.2) is 0 Å². The van der Waals surface area contributed by atoms with E-state index in [9.17, 15) is 18.8 Å². The van der Waals surface area contributed by atoms with Gasteiger partial charge in [-0.3, -0.25) is 8.60 Å². The summed E-state index contributed by atoms with van der Waals surface area (Å²) in [6.07, 6.45) is 0.408. The summed E-state index contributed by atoms with van der Waals surface area (Å²) in [5.41, 5.74) is 3.85. The van der Waals surface area contributed by atoms with Crippen LogP contribution in [0.4, 0.5) is 4.39 Å². The number of hydrogen-bond donors (Lipinski definition) is 2. The molecule has 2 atom stereocenters. The fourth-order valence-corrected chi connectivity index (χ4v) is 4.58. The highest BCUT2D eigenvalue weighted by Crippen LogP contribution is 2.34. The quantitative estimate of drug-likeness (QED) is 0.540. The van der Waals surface area contributed by atoms with Gasteiger partial charge in [-0.15, -0.1) is 0 Å². The minimum absolute atomic E-state index is 0.0133. The number of alkyl halides is 1. The first-order valence-corrected chi connectivity index (χ1v) is 11.4. The van der Waals surface area contributed by atoms with Gasteiger partial charge < -0.3 is 14.6 Å². The molecule has 0 bridgehead atoms. The van der Waals surface area contributed by atoms with E-state index in [0.29, 0.717) is 17.8 Å².